The Labute approximate surface area is 85.5 Å². The molecule has 0 aliphatic carbocycles. The third kappa shape index (κ3) is 4.39. The third-order valence-corrected chi connectivity index (χ3v) is 2.02. The second kappa shape index (κ2) is 6.56. The minimum absolute atomic E-state index is 0.858. The Balaban J connectivity index is 1.99. The largest absolute Gasteiger partial charge is 0.317 e. The van der Waals surface area contributed by atoms with Gasteiger partial charge < -0.3 is 10.6 Å². The summed E-state index contributed by atoms with van der Waals surface area (Å²) >= 11 is 0. The number of hydrogen-bond acceptors (Lipinski definition) is 3. The van der Waals surface area contributed by atoms with Crippen LogP contribution in [0.2, 0.25) is 0 Å². The molecule has 1 aromatic rings. The van der Waals surface area contributed by atoms with Crippen LogP contribution in [0.4, 0.5) is 0 Å². The van der Waals surface area contributed by atoms with Crippen molar-refractivity contribution in [1.82, 2.24) is 20.8 Å². The first-order valence-corrected chi connectivity index (χ1v) is 5.25. The highest BCUT2D eigenvalue weighted by atomic mass is 15.1. The average molecular weight is 196 g/mol. The van der Waals surface area contributed by atoms with Crippen molar-refractivity contribution in [3.63, 3.8) is 0 Å². The zero-order valence-corrected chi connectivity index (χ0v) is 9.06. The smallest absolute Gasteiger partial charge is 0.0762 e. The summed E-state index contributed by atoms with van der Waals surface area (Å²) in [4.78, 5) is 0. The molecule has 0 spiro atoms. The monoisotopic (exact) mass is 196 g/mol. The molecule has 14 heavy (non-hydrogen) atoms. The molecular formula is C10H20N4. The average Bonchev–Trinajstić information content (AvgIpc) is 2.58. The molecule has 0 radical (unpaired) electrons. The highest BCUT2D eigenvalue weighted by Crippen LogP contribution is 1.96. The van der Waals surface area contributed by atoms with Gasteiger partial charge in [-0.1, -0.05) is 6.92 Å². The molecule has 0 atom stereocenters. The summed E-state index contributed by atoms with van der Waals surface area (Å²) in [5.74, 6) is 0. The third-order valence-electron chi connectivity index (χ3n) is 2.02. The number of H-pyrrole nitrogens is 1. The van der Waals surface area contributed by atoms with Gasteiger partial charge in [0.25, 0.3) is 0 Å². The maximum absolute atomic E-state index is 4.15. The first-order chi connectivity index (χ1) is 6.83. The SMILES string of the molecule is CCNCCCNCc1cc(C)[nH]n1. The number of aromatic nitrogens is 2. The molecule has 0 saturated carbocycles. The Bertz CT molecular complexity index is 244. The van der Waals surface area contributed by atoms with Gasteiger partial charge in [0.15, 0.2) is 0 Å². The molecule has 0 aromatic carbocycles. The molecule has 80 valence electrons. The molecule has 0 fully saturated rings. The van der Waals surface area contributed by atoms with E-state index in [9.17, 15) is 0 Å². The topological polar surface area (TPSA) is 52.7 Å². The maximum Gasteiger partial charge on any atom is 0.0762 e. The summed E-state index contributed by atoms with van der Waals surface area (Å²) < 4.78 is 0. The van der Waals surface area contributed by atoms with E-state index in [0.29, 0.717) is 0 Å². The first kappa shape index (κ1) is 11.2. The van der Waals surface area contributed by atoms with Gasteiger partial charge in [-0.05, 0) is 39.0 Å². The molecule has 0 amide bonds. The molecule has 0 aliphatic rings. The van der Waals surface area contributed by atoms with Gasteiger partial charge in [0.05, 0.1) is 5.69 Å². The van der Waals surface area contributed by atoms with E-state index in [4.69, 9.17) is 0 Å². The second-order valence-electron chi connectivity index (χ2n) is 3.43. The fourth-order valence-corrected chi connectivity index (χ4v) is 1.30. The van der Waals surface area contributed by atoms with Crippen molar-refractivity contribution >= 4 is 0 Å². The van der Waals surface area contributed by atoms with Crippen LogP contribution in [0.15, 0.2) is 6.07 Å². The lowest BCUT2D eigenvalue weighted by atomic mass is 10.3. The van der Waals surface area contributed by atoms with E-state index in [-0.39, 0.29) is 0 Å². The summed E-state index contributed by atoms with van der Waals surface area (Å²) in [7, 11) is 0. The van der Waals surface area contributed by atoms with Crippen molar-refractivity contribution < 1.29 is 0 Å². The molecule has 4 nitrogen and oxygen atoms in total. The molecule has 1 heterocycles. The standard InChI is InChI=1S/C10H20N4/c1-3-11-5-4-6-12-8-10-7-9(2)13-14-10/h7,11-12H,3-6,8H2,1-2H3,(H,13,14). The van der Waals surface area contributed by atoms with Crippen LogP contribution in [0.25, 0.3) is 0 Å². The number of hydrogen-bond donors (Lipinski definition) is 3. The molecule has 0 saturated heterocycles. The number of nitrogens with zero attached hydrogens (tertiary/aromatic N) is 1. The molecular weight excluding hydrogens is 176 g/mol. The van der Waals surface area contributed by atoms with Crippen LogP contribution < -0.4 is 10.6 Å². The first-order valence-electron chi connectivity index (χ1n) is 5.25. The van der Waals surface area contributed by atoms with Gasteiger partial charge in [-0.15, -0.1) is 0 Å². The predicted octanol–water partition coefficient (Wildman–Crippen LogP) is 0.807. The lowest BCUT2D eigenvalue weighted by molar-refractivity contribution is 0.601. The van der Waals surface area contributed by atoms with Gasteiger partial charge in [0.2, 0.25) is 0 Å². The summed E-state index contributed by atoms with van der Waals surface area (Å²) in [5, 5.41) is 13.7. The minimum atomic E-state index is 0.858. The molecule has 1 aromatic heterocycles. The van der Waals surface area contributed by atoms with E-state index in [1.165, 1.54) is 0 Å². The number of rotatable bonds is 7. The highest BCUT2D eigenvalue weighted by molar-refractivity contribution is 5.05. The van der Waals surface area contributed by atoms with Crippen molar-refractivity contribution in [2.45, 2.75) is 26.8 Å². The van der Waals surface area contributed by atoms with E-state index >= 15 is 0 Å². The van der Waals surface area contributed by atoms with Crippen molar-refractivity contribution in [2.24, 2.45) is 0 Å². The van der Waals surface area contributed by atoms with Crippen LogP contribution in [0.3, 0.4) is 0 Å². The van der Waals surface area contributed by atoms with Crippen LogP contribution in [-0.4, -0.2) is 29.8 Å². The summed E-state index contributed by atoms with van der Waals surface area (Å²) in [6.07, 6.45) is 1.16. The van der Waals surface area contributed by atoms with E-state index in [1.807, 2.05) is 6.92 Å². The van der Waals surface area contributed by atoms with E-state index < -0.39 is 0 Å². The van der Waals surface area contributed by atoms with E-state index in [2.05, 4.69) is 33.8 Å². The Morgan fingerprint density at radius 1 is 1.36 bits per heavy atom. The van der Waals surface area contributed by atoms with Crippen molar-refractivity contribution in [3.05, 3.63) is 17.5 Å². The fraction of sp³-hybridized carbons (Fsp3) is 0.700. The van der Waals surface area contributed by atoms with Crippen LogP contribution in [-0.2, 0) is 6.54 Å². The number of aryl methyl sites for hydroxylation is 1. The van der Waals surface area contributed by atoms with Crippen molar-refractivity contribution in [3.8, 4) is 0 Å². The molecule has 3 N–H and O–H groups in total. The lowest BCUT2D eigenvalue weighted by Gasteiger charge is -2.02. The molecule has 1 rings (SSSR count). The molecule has 0 unspecified atom stereocenters. The van der Waals surface area contributed by atoms with Gasteiger partial charge in [0, 0.05) is 12.2 Å². The predicted molar refractivity (Wildman–Crippen MR) is 58.2 cm³/mol. The fourth-order valence-electron chi connectivity index (χ4n) is 1.30. The Morgan fingerprint density at radius 3 is 2.79 bits per heavy atom. The Morgan fingerprint density at radius 2 is 2.14 bits per heavy atom. The maximum atomic E-state index is 4.15. The minimum Gasteiger partial charge on any atom is -0.317 e. The van der Waals surface area contributed by atoms with Gasteiger partial charge in [-0.2, -0.15) is 5.10 Å². The normalized spacial score (nSPS) is 10.7. The zero-order valence-electron chi connectivity index (χ0n) is 9.06. The van der Waals surface area contributed by atoms with Crippen LogP contribution in [0.1, 0.15) is 24.7 Å². The van der Waals surface area contributed by atoms with Gasteiger partial charge in [-0.3, -0.25) is 5.10 Å². The zero-order chi connectivity index (χ0) is 10.2. The lowest BCUT2D eigenvalue weighted by Crippen LogP contribution is -2.21. The summed E-state index contributed by atoms with van der Waals surface area (Å²) in [6.45, 7) is 8.18. The van der Waals surface area contributed by atoms with Crippen LogP contribution in [0, 0.1) is 6.92 Å². The molecule has 4 heteroatoms. The van der Waals surface area contributed by atoms with Crippen molar-refractivity contribution in [1.29, 1.82) is 0 Å². The Hall–Kier alpha value is -0.870. The van der Waals surface area contributed by atoms with Crippen molar-refractivity contribution in [2.75, 3.05) is 19.6 Å². The van der Waals surface area contributed by atoms with Crippen LogP contribution in [0.5, 0.6) is 0 Å². The molecule has 0 bridgehead atoms. The van der Waals surface area contributed by atoms with E-state index in [1.54, 1.807) is 0 Å². The van der Waals surface area contributed by atoms with Gasteiger partial charge in [0.1, 0.15) is 0 Å². The van der Waals surface area contributed by atoms with Crippen LogP contribution >= 0.6 is 0 Å². The van der Waals surface area contributed by atoms with E-state index in [0.717, 1.165) is 44.0 Å². The van der Waals surface area contributed by atoms with Gasteiger partial charge in [-0.25, -0.2) is 0 Å². The Kier molecular flexibility index (Phi) is 5.25. The summed E-state index contributed by atoms with van der Waals surface area (Å²) in [6, 6.07) is 2.07. The quantitative estimate of drug-likeness (QED) is 0.566. The molecule has 0 aliphatic heterocycles. The summed E-state index contributed by atoms with van der Waals surface area (Å²) in [5.41, 5.74) is 2.21. The number of nitrogens with one attached hydrogen (secondary N) is 3. The number of aromatic amines is 1. The second-order valence-corrected chi connectivity index (χ2v) is 3.43. The van der Waals surface area contributed by atoms with Gasteiger partial charge >= 0.3 is 0 Å². The highest BCUT2D eigenvalue weighted by Gasteiger charge is 1.95.